The third kappa shape index (κ3) is 3.20. The molecule has 0 fully saturated rings. The van der Waals surface area contributed by atoms with Crippen molar-refractivity contribution in [3.05, 3.63) is 64.8 Å². The van der Waals surface area contributed by atoms with Crippen molar-refractivity contribution in [1.29, 1.82) is 0 Å². The summed E-state index contributed by atoms with van der Waals surface area (Å²) in [6, 6.07) is 11.0. The third-order valence-electron chi connectivity index (χ3n) is 4.68. The van der Waals surface area contributed by atoms with E-state index in [1.54, 1.807) is 4.68 Å². The predicted octanol–water partition coefficient (Wildman–Crippen LogP) is 4.14. The monoisotopic (exact) mass is 395 g/mol. The number of carbonyl (C=O) groups is 1. The highest BCUT2D eigenvalue weighted by Gasteiger charge is 2.36. The number of anilines is 2. The standard InChI is InChI=1S/C20H21N5O2S/c1-11-7-5-6-8-14(11)22-18(26)16-13(3)21-19-23-20(28-4)24-25(19)17(16)15-10-9-12(2)27-15/h5-10,17H,1-4H3,(H,22,26)(H,21,23,24)/t17-/m1/s1. The van der Waals surface area contributed by atoms with Gasteiger partial charge in [-0.15, -0.1) is 5.10 Å². The van der Waals surface area contributed by atoms with Crippen molar-refractivity contribution in [2.75, 3.05) is 16.9 Å². The number of para-hydroxylation sites is 1. The lowest BCUT2D eigenvalue weighted by atomic mass is 10.00. The summed E-state index contributed by atoms with van der Waals surface area (Å²) in [7, 11) is 0. The Bertz CT molecular complexity index is 1080. The fourth-order valence-corrected chi connectivity index (χ4v) is 3.63. The molecule has 0 radical (unpaired) electrons. The normalized spacial score (nSPS) is 15.9. The zero-order valence-electron chi connectivity index (χ0n) is 16.1. The molecule has 1 amide bonds. The van der Waals surface area contributed by atoms with Gasteiger partial charge in [0.25, 0.3) is 5.91 Å². The van der Waals surface area contributed by atoms with Gasteiger partial charge in [0.1, 0.15) is 17.6 Å². The van der Waals surface area contributed by atoms with Crippen LogP contribution in [-0.4, -0.2) is 26.9 Å². The van der Waals surface area contributed by atoms with Gasteiger partial charge < -0.3 is 15.1 Å². The number of carbonyl (C=O) groups excluding carboxylic acids is 1. The van der Waals surface area contributed by atoms with Crippen molar-refractivity contribution in [2.24, 2.45) is 0 Å². The minimum atomic E-state index is -0.498. The Balaban J connectivity index is 1.79. The van der Waals surface area contributed by atoms with E-state index in [4.69, 9.17) is 4.42 Å². The molecule has 0 aliphatic carbocycles. The first kappa shape index (κ1) is 18.4. The molecule has 8 heteroatoms. The van der Waals surface area contributed by atoms with Gasteiger partial charge in [-0.2, -0.15) is 4.98 Å². The van der Waals surface area contributed by atoms with E-state index < -0.39 is 6.04 Å². The molecule has 4 rings (SSSR count). The average Bonchev–Trinajstić information content (AvgIpc) is 3.28. The Labute approximate surface area is 167 Å². The number of furan rings is 1. The Morgan fingerprint density at radius 2 is 2.00 bits per heavy atom. The lowest BCUT2D eigenvalue weighted by Crippen LogP contribution is -2.31. The van der Waals surface area contributed by atoms with Crippen LogP contribution in [0.1, 0.15) is 30.0 Å². The number of allylic oxidation sites excluding steroid dienone is 1. The summed E-state index contributed by atoms with van der Waals surface area (Å²) < 4.78 is 7.60. The topological polar surface area (TPSA) is 85.0 Å². The molecular formula is C20H21N5O2S. The number of nitrogens with zero attached hydrogens (tertiary/aromatic N) is 3. The van der Waals surface area contributed by atoms with Gasteiger partial charge in [-0.3, -0.25) is 4.79 Å². The van der Waals surface area contributed by atoms with E-state index in [0.29, 0.717) is 22.4 Å². The summed E-state index contributed by atoms with van der Waals surface area (Å²) in [6.07, 6.45) is 1.92. The zero-order chi connectivity index (χ0) is 19.8. The van der Waals surface area contributed by atoms with E-state index in [-0.39, 0.29) is 5.91 Å². The van der Waals surface area contributed by atoms with Gasteiger partial charge in [0.2, 0.25) is 11.1 Å². The maximum atomic E-state index is 13.3. The summed E-state index contributed by atoms with van der Waals surface area (Å²) in [5, 5.41) is 11.4. The molecule has 1 atom stereocenters. The summed E-state index contributed by atoms with van der Waals surface area (Å²) >= 11 is 1.45. The fraction of sp³-hybridized carbons (Fsp3) is 0.250. The van der Waals surface area contributed by atoms with E-state index in [0.717, 1.165) is 22.7 Å². The molecule has 2 N–H and O–H groups in total. The third-order valence-corrected chi connectivity index (χ3v) is 5.22. The number of benzene rings is 1. The molecule has 28 heavy (non-hydrogen) atoms. The second-order valence-corrected chi connectivity index (χ2v) is 7.42. The van der Waals surface area contributed by atoms with Crippen LogP contribution in [0.3, 0.4) is 0 Å². The molecule has 1 aliphatic heterocycles. The average molecular weight is 395 g/mol. The molecule has 7 nitrogen and oxygen atoms in total. The minimum Gasteiger partial charge on any atom is -0.464 e. The van der Waals surface area contributed by atoms with Crippen LogP contribution >= 0.6 is 11.8 Å². The Morgan fingerprint density at radius 1 is 1.21 bits per heavy atom. The van der Waals surface area contributed by atoms with E-state index in [9.17, 15) is 4.79 Å². The summed E-state index contributed by atoms with van der Waals surface area (Å²) in [5.41, 5.74) is 3.03. The number of amides is 1. The van der Waals surface area contributed by atoms with E-state index >= 15 is 0 Å². The molecule has 0 saturated carbocycles. The highest BCUT2D eigenvalue weighted by atomic mass is 32.2. The summed E-state index contributed by atoms with van der Waals surface area (Å²) in [4.78, 5) is 17.8. The largest absolute Gasteiger partial charge is 0.464 e. The molecular weight excluding hydrogens is 374 g/mol. The molecule has 3 aromatic rings. The van der Waals surface area contributed by atoms with Crippen LogP contribution in [0.4, 0.5) is 11.6 Å². The van der Waals surface area contributed by atoms with Crippen molar-refractivity contribution in [3.63, 3.8) is 0 Å². The number of rotatable bonds is 4. The first-order valence-corrected chi connectivity index (χ1v) is 10.1. The molecule has 0 unspecified atom stereocenters. The highest BCUT2D eigenvalue weighted by molar-refractivity contribution is 7.98. The van der Waals surface area contributed by atoms with Gasteiger partial charge in [-0.05, 0) is 50.8 Å². The van der Waals surface area contributed by atoms with E-state index in [2.05, 4.69) is 20.7 Å². The van der Waals surface area contributed by atoms with Crippen LogP contribution in [0.2, 0.25) is 0 Å². The summed E-state index contributed by atoms with van der Waals surface area (Å²) in [5.74, 6) is 1.81. The van der Waals surface area contributed by atoms with Crippen LogP contribution in [0.25, 0.3) is 0 Å². The Hall–Kier alpha value is -3.00. The SMILES string of the molecule is CSc1nc2n(n1)[C@H](c1ccc(C)o1)C(C(=O)Nc1ccccc1C)=C(C)N2. The first-order chi connectivity index (χ1) is 13.5. The van der Waals surface area contributed by atoms with E-state index in [1.807, 2.05) is 63.4 Å². The number of hydrogen-bond acceptors (Lipinski definition) is 6. The van der Waals surface area contributed by atoms with Gasteiger partial charge in [0.05, 0.1) is 5.57 Å². The maximum absolute atomic E-state index is 13.3. The number of aryl methyl sites for hydroxylation is 2. The van der Waals surface area contributed by atoms with Crippen molar-refractivity contribution in [2.45, 2.75) is 32.0 Å². The maximum Gasteiger partial charge on any atom is 0.256 e. The van der Waals surface area contributed by atoms with Gasteiger partial charge in [-0.1, -0.05) is 30.0 Å². The van der Waals surface area contributed by atoms with Crippen LogP contribution < -0.4 is 10.6 Å². The quantitative estimate of drug-likeness (QED) is 0.646. The number of nitrogens with one attached hydrogen (secondary N) is 2. The van der Waals surface area contributed by atoms with Gasteiger partial charge in [0, 0.05) is 11.4 Å². The minimum absolute atomic E-state index is 0.204. The molecule has 1 aromatic carbocycles. The van der Waals surface area contributed by atoms with Gasteiger partial charge >= 0.3 is 0 Å². The molecule has 2 aromatic heterocycles. The lowest BCUT2D eigenvalue weighted by molar-refractivity contribution is -0.113. The van der Waals surface area contributed by atoms with Crippen molar-refractivity contribution in [1.82, 2.24) is 14.8 Å². The van der Waals surface area contributed by atoms with Gasteiger partial charge in [0.15, 0.2) is 0 Å². The lowest BCUT2D eigenvalue weighted by Gasteiger charge is -2.27. The number of fused-ring (bicyclic) bond motifs is 1. The molecule has 3 heterocycles. The molecule has 1 aliphatic rings. The second-order valence-electron chi connectivity index (χ2n) is 6.65. The predicted molar refractivity (Wildman–Crippen MR) is 110 cm³/mol. The number of aromatic nitrogens is 3. The number of thioether (sulfide) groups is 1. The van der Waals surface area contributed by atoms with Crippen molar-refractivity contribution < 1.29 is 9.21 Å². The molecule has 0 spiro atoms. The Morgan fingerprint density at radius 3 is 2.68 bits per heavy atom. The van der Waals surface area contributed by atoms with Crippen LogP contribution in [-0.2, 0) is 4.79 Å². The smallest absolute Gasteiger partial charge is 0.256 e. The van der Waals surface area contributed by atoms with Crippen LogP contribution in [0, 0.1) is 13.8 Å². The van der Waals surface area contributed by atoms with Gasteiger partial charge in [-0.25, -0.2) is 4.68 Å². The second kappa shape index (κ2) is 7.20. The summed E-state index contributed by atoms with van der Waals surface area (Å²) in [6.45, 7) is 5.71. The van der Waals surface area contributed by atoms with Crippen molar-refractivity contribution >= 4 is 29.3 Å². The highest BCUT2D eigenvalue weighted by Crippen LogP contribution is 2.37. The number of hydrogen-bond donors (Lipinski definition) is 2. The van der Waals surface area contributed by atoms with Crippen molar-refractivity contribution in [3.8, 4) is 0 Å². The molecule has 0 saturated heterocycles. The Kier molecular flexibility index (Phi) is 4.72. The fourth-order valence-electron chi connectivity index (χ4n) is 3.28. The first-order valence-electron chi connectivity index (χ1n) is 8.89. The molecule has 0 bridgehead atoms. The van der Waals surface area contributed by atoms with Crippen LogP contribution in [0.15, 0.2) is 57.2 Å². The zero-order valence-corrected chi connectivity index (χ0v) is 16.9. The molecule has 144 valence electrons. The van der Waals surface area contributed by atoms with Crippen LogP contribution in [0.5, 0.6) is 0 Å². The van der Waals surface area contributed by atoms with E-state index in [1.165, 1.54) is 11.8 Å².